The van der Waals surface area contributed by atoms with Crippen LogP contribution in [0.4, 0.5) is 0 Å². The number of hydrogen-bond donors (Lipinski definition) is 10. The second-order valence-corrected chi connectivity index (χ2v) is 30.1. The third kappa shape index (κ3) is 47.7. The maximum absolute atomic E-state index is 14.4. The Morgan fingerprint density at radius 1 is 0.451 bits per heavy atom. The number of aliphatic carboxylic acids is 4. The summed E-state index contributed by atoms with van der Waals surface area (Å²) >= 11 is 0. The van der Waals surface area contributed by atoms with E-state index in [1.54, 1.807) is 30.3 Å². The smallest absolute Gasteiger partial charge is 0.307 e. The number of benzene rings is 2. The number of rotatable bonds is 71. The van der Waals surface area contributed by atoms with Crippen LogP contribution in [-0.2, 0) is 115 Å². The minimum atomic E-state index is -4.43. The van der Waals surface area contributed by atoms with E-state index in [1.807, 2.05) is 13.8 Å². The lowest BCUT2D eigenvalue weighted by atomic mass is 9.94. The molecule has 0 heterocycles. The maximum Gasteiger partial charge on any atom is 0.307 e. The molecule has 2 rings (SSSR count). The molecule has 0 aliphatic rings. The molecular weight excluding hydrogens is 1490 g/mol. The quantitative estimate of drug-likeness (QED) is 0.0243. The van der Waals surface area contributed by atoms with Gasteiger partial charge in [-0.05, 0) is 55.2 Å². The maximum atomic E-state index is 14.4. The van der Waals surface area contributed by atoms with Crippen LogP contribution >= 0.6 is 0 Å². The lowest BCUT2D eigenvalue weighted by molar-refractivity contribution is -0.152. The number of ether oxygens (including phenoxy) is 4. The van der Waals surface area contributed by atoms with Crippen molar-refractivity contribution in [1.29, 1.82) is 0 Å². The van der Waals surface area contributed by atoms with E-state index in [2.05, 4.69) is 21.3 Å². The number of ketones is 4. The average Bonchev–Trinajstić information content (AvgIpc) is 0.821. The number of nitrogens with two attached hydrogens (primary N) is 1. The van der Waals surface area contributed by atoms with E-state index >= 15 is 0 Å². The molecule has 0 saturated carbocycles. The Balaban J connectivity index is 1.84. The average molecular weight is 1620 g/mol. The van der Waals surface area contributed by atoms with Crippen LogP contribution in [0.3, 0.4) is 0 Å². The van der Waals surface area contributed by atoms with Crippen molar-refractivity contribution in [2.24, 2.45) is 17.6 Å². The van der Waals surface area contributed by atoms with Gasteiger partial charge in [0.2, 0.25) is 35.4 Å². The summed E-state index contributed by atoms with van der Waals surface area (Å²) in [7, 11) is -1.92. The van der Waals surface area contributed by atoms with E-state index in [1.165, 1.54) is 70.5 Å². The molecule has 0 aromatic heterocycles. The normalized spacial score (nSPS) is 13.2. The predicted octanol–water partition coefficient (Wildman–Crippen LogP) is 6.70. The molecule has 33 heteroatoms. The van der Waals surface area contributed by atoms with E-state index in [4.69, 9.17) is 29.8 Å². The summed E-state index contributed by atoms with van der Waals surface area (Å²) in [5.41, 5.74) is 6.93. The fourth-order valence-corrected chi connectivity index (χ4v) is 13.1. The van der Waals surface area contributed by atoms with E-state index in [0.717, 1.165) is 61.2 Å². The fraction of sp³-hybridized carbons (Fsp3) is 0.675. The van der Waals surface area contributed by atoms with Crippen molar-refractivity contribution < 1.29 is 119 Å². The molecule has 7 atom stereocenters. The highest BCUT2D eigenvalue weighted by Crippen LogP contribution is 2.21. The highest BCUT2D eigenvalue weighted by molar-refractivity contribution is 7.85. The second kappa shape index (κ2) is 59.3. The Morgan fingerprint density at radius 2 is 0.947 bits per heavy atom. The zero-order valence-corrected chi connectivity index (χ0v) is 67.2. The van der Waals surface area contributed by atoms with Crippen LogP contribution in [0, 0.1) is 11.8 Å². The van der Waals surface area contributed by atoms with E-state index in [9.17, 15) is 95.4 Å². The van der Waals surface area contributed by atoms with Gasteiger partial charge in [0, 0.05) is 85.0 Å². The third-order valence-corrected chi connectivity index (χ3v) is 19.7. The molecule has 636 valence electrons. The monoisotopic (exact) mass is 1620 g/mol. The SMILES string of the molecule is CCCC[C@H](NC(=O)[C@H](Cc1ccc(CS(=O)(=O)O)cc1)NC(=O)C[C@H](CC(=O)COCCOCCCC(=O)COCCOCCNC(=O)CC[C@H](CC(=O)CCCCCCCCCCCCCCCCC(=O)O)C(=O)O)C(=O)O)C(=O)CN[C@@H](CCCC)C(=O)N(C)[C@H](CC(=O)O)C(=O)N(C)[C@@H](Cc1ccccc1)C(N)=O. The molecule has 0 aliphatic carbocycles. The Morgan fingerprint density at radius 3 is 1.49 bits per heavy atom. The minimum Gasteiger partial charge on any atom is -0.481 e. The topological polar surface area (TPSA) is 492 Å². The lowest BCUT2D eigenvalue weighted by Gasteiger charge is -2.35. The van der Waals surface area contributed by atoms with Crippen molar-refractivity contribution in [3.8, 4) is 0 Å². The number of carboxylic acid groups (broad SMARTS) is 4. The number of nitrogens with zero attached hydrogens (tertiary/aromatic N) is 2. The first-order chi connectivity index (χ1) is 53.8. The zero-order valence-electron chi connectivity index (χ0n) is 66.4. The summed E-state index contributed by atoms with van der Waals surface area (Å²) in [6.07, 6.45) is 15.2. The molecule has 0 aliphatic heterocycles. The second-order valence-electron chi connectivity index (χ2n) is 28.7. The number of carbonyl (C=O) groups is 14. The Hall–Kier alpha value is -8.47. The number of amides is 6. The van der Waals surface area contributed by atoms with Gasteiger partial charge in [-0.2, -0.15) is 8.42 Å². The summed E-state index contributed by atoms with van der Waals surface area (Å²) in [4.78, 5) is 183. The van der Waals surface area contributed by atoms with Gasteiger partial charge in [-0.15, -0.1) is 0 Å². The molecule has 32 nitrogen and oxygen atoms in total. The summed E-state index contributed by atoms with van der Waals surface area (Å²) in [6.45, 7) is 3.04. The highest BCUT2D eigenvalue weighted by Gasteiger charge is 2.38. The van der Waals surface area contributed by atoms with Gasteiger partial charge < -0.3 is 70.9 Å². The number of likely N-dealkylation sites (N-methyl/N-ethyl adjacent to an activating group) is 2. The molecule has 113 heavy (non-hydrogen) atoms. The standard InChI is InChI=1S/C80H125N7O25S/c1-5-7-31-65(70(91)53-83-66(32-8-6-2)77(100)87(4)69(52-74(96)97)78(101)86(3)68(75(81)98)48-57-27-22-21-23-28-57)85-76(99)67(47-58-34-36-59(37-35-58)56-113(106,107)108)84-72(93)51-61(80(104)105)50-64(90)55-112-45-43-109-41-26-30-63(89)54-111-46-44-110-42-40-82-71(92)39-38-60(79(102)103)49-62(88)29-24-19-17-15-13-11-9-10-12-14-16-18-20-25-33-73(94)95/h21-23,27-28,34-37,60-61,65-69,83H,5-20,24-26,29-33,38-56H2,1-4H3,(H2,81,98)(H,82,92)(H,84,93)(H,85,99)(H,94,95)(H,96,97)(H,102,103)(H,104,105)(H,106,107,108)/t60-,61+,65+,66+,67+,68+,69-/m1/s1. The Labute approximate surface area is 664 Å². The number of carbonyl (C=O) groups excluding carboxylic acids is 10. The summed E-state index contributed by atoms with van der Waals surface area (Å²) < 4.78 is 54.4. The van der Waals surface area contributed by atoms with Crippen molar-refractivity contribution >= 4 is 92.6 Å². The van der Waals surface area contributed by atoms with Crippen LogP contribution in [0.15, 0.2) is 54.6 Å². The van der Waals surface area contributed by atoms with Crippen molar-refractivity contribution in [3.63, 3.8) is 0 Å². The number of Topliss-reactive ketones (excluding diaryl/α,β-unsaturated/α-hetero) is 4. The van der Waals surface area contributed by atoms with Crippen LogP contribution < -0.4 is 27.0 Å². The molecular formula is C80H125N7O25S. The number of unbranched alkanes of at least 4 members (excludes halogenated alkanes) is 15. The van der Waals surface area contributed by atoms with Crippen LogP contribution in [0.25, 0.3) is 0 Å². The summed E-state index contributed by atoms with van der Waals surface area (Å²) in [5, 5.41) is 49.3. The van der Waals surface area contributed by atoms with Gasteiger partial charge >= 0.3 is 23.9 Å². The number of carboxylic acids is 4. The highest BCUT2D eigenvalue weighted by atomic mass is 32.2. The molecule has 0 bridgehead atoms. The van der Waals surface area contributed by atoms with Gasteiger partial charge in [-0.25, -0.2) is 0 Å². The molecule has 6 amide bonds. The van der Waals surface area contributed by atoms with Gasteiger partial charge in [-0.1, -0.05) is 171 Å². The molecule has 0 saturated heterocycles. The van der Waals surface area contributed by atoms with Gasteiger partial charge in [0.1, 0.15) is 42.9 Å². The first-order valence-electron chi connectivity index (χ1n) is 39.6. The number of primary amides is 1. The minimum absolute atomic E-state index is 0.00168. The van der Waals surface area contributed by atoms with Crippen molar-refractivity contribution in [2.45, 2.75) is 255 Å². The van der Waals surface area contributed by atoms with Gasteiger partial charge in [0.15, 0.2) is 17.3 Å². The molecule has 0 unspecified atom stereocenters. The zero-order chi connectivity index (χ0) is 83.9. The number of nitrogens with one attached hydrogen (secondary N) is 4. The first kappa shape index (κ1) is 101. The molecule has 11 N–H and O–H groups in total. The first-order valence-corrected chi connectivity index (χ1v) is 41.2. The summed E-state index contributed by atoms with van der Waals surface area (Å²) in [6, 6.07) is 7.48. The third-order valence-electron chi connectivity index (χ3n) is 19.0. The van der Waals surface area contributed by atoms with Crippen molar-refractivity contribution in [2.75, 3.05) is 80.0 Å². The Bertz CT molecular complexity index is 3360. The fourth-order valence-electron chi connectivity index (χ4n) is 12.5. The van der Waals surface area contributed by atoms with Crippen molar-refractivity contribution in [3.05, 3.63) is 71.3 Å². The Kier molecular flexibility index (Phi) is 52.8. The molecule has 0 fully saturated rings. The number of hydrogen-bond acceptors (Lipinski definition) is 21. The van der Waals surface area contributed by atoms with Gasteiger partial charge in [-0.3, -0.25) is 77.0 Å². The van der Waals surface area contributed by atoms with Crippen LogP contribution in [0.5, 0.6) is 0 Å². The van der Waals surface area contributed by atoms with E-state index < -0.39 is 155 Å². The molecule has 0 radical (unpaired) electrons. The van der Waals surface area contributed by atoms with E-state index in [-0.39, 0.29) is 134 Å². The molecule has 2 aromatic rings. The molecule has 2 aromatic carbocycles. The van der Waals surface area contributed by atoms with E-state index in [0.29, 0.717) is 56.1 Å². The largest absolute Gasteiger partial charge is 0.481 e. The van der Waals surface area contributed by atoms with Gasteiger partial charge in [0.05, 0.1) is 69.9 Å². The van der Waals surface area contributed by atoms with Gasteiger partial charge in [0.25, 0.3) is 10.1 Å². The predicted molar refractivity (Wildman–Crippen MR) is 417 cm³/mol. The van der Waals surface area contributed by atoms with Crippen LogP contribution in [0.2, 0.25) is 0 Å². The van der Waals surface area contributed by atoms with Crippen molar-refractivity contribution in [1.82, 2.24) is 31.1 Å². The van der Waals surface area contributed by atoms with Crippen LogP contribution in [-0.4, -0.2) is 236 Å². The molecule has 0 spiro atoms. The lowest BCUT2D eigenvalue weighted by Crippen LogP contribution is -2.58. The van der Waals surface area contributed by atoms with Crippen LogP contribution in [0.1, 0.15) is 223 Å². The summed E-state index contributed by atoms with van der Waals surface area (Å²) in [5.74, 6) is -14.4.